The van der Waals surface area contributed by atoms with Crippen LogP contribution in [0.15, 0.2) is 28.7 Å². The van der Waals surface area contributed by atoms with E-state index in [1.165, 1.54) is 10.0 Å². The van der Waals surface area contributed by atoms with Crippen molar-refractivity contribution >= 4 is 15.9 Å². The van der Waals surface area contributed by atoms with Crippen LogP contribution in [0.5, 0.6) is 0 Å². The quantitative estimate of drug-likeness (QED) is 0.827. The lowest BCUT2D eigenvalue weighted by Gasteiger charge is -2.28. The van der Waals surface area contributed by atoms with E-state index in [2.05, 4.69) is 73.2 Å². The molecule has 0 aromatic heterocycles. The van der Waals surface area contributed by atoms with Gasteiger partial charge in [0.05, 0.1) is 0 Å². The Bertz CT molecular complexity index is 335. The highest BCUT2D eigenvalue weighted by Gasteiger charge is 2.21. The van der Waals surface area contributed by atoms with Crippen LogP contribution in [0.4, 0.5) is 0 Å². The van der Waals surface area contributed by atoms with Gasteiger partial charge < -0.3 is 5.32 Å². The third kappa shape index (κ3) is 4.44. The van der Waals surface area contributed by atoms with Crippen molar-refractivity contribution < 1.29 is 0 Å². The Balaban J connectivity index is 2.77. The molecule has 0 radical (unpaired) electrons. The smallest absolute Gasteiger partial charge is 0.0207 e. The van der Waals surface area contributed by atoms with Gasteiger partial charge in [0.1, 0.15) is 0 Å². The number of benzene rings is 1. The van der Waals surface area contributed by atoms with Crippen LogP contribution in [-0.4, -0.2) is 12.6 Å². The predicted octanol–water partition coefficient (Wildman–Crippen LogP) is 4.26. The largest absolute Gasteiger partial charge is 0.314 e. The Morgan fingerprint density at radius 3 is 2.35 bits per heavy atom. The SMILES string of the molecule is CCNC(C)C(Cc1ccccc1Br)C(C)C. The molecule has 0 saturated carbocycles. The molecule has 17 heavy (non-hydrogen) atoms. The second-order valence-corrected chi connectivity index (χ2v) is 5.90. The highest BCUT2D eigenvalue weighted by atomic mass is 79.9. The number of rotatable bonds is 6. The van der Waals surface area contributed by atoms with Crippen LogP contribution in [0.25, 0.3) is 0 Å². The van der Waals surface area contributed by atoms with E-state index in [1.54, 1.807) is 0 Å². The van der Waals surface area contributed by atoms with Crippen LogP contribution in [0.2, 0.25) is 0 Å². The Morgan fingerprint density at radius 1 is 1.18 bits per heavy atom. The maximum absolute atomic E-state index is 3.64. The number of hydrogen-bond acceptors (Lipinski definition) is 1. The van der Waals surface area contributed by atoms with Crippen molar-refractivity contribution in [3.8, 4) is 0 Å². The first-order valence-electron chi connectivity index (χ1n) is 6.53. The van der Waals surface area contributed by atoms with Crippen LogP contribution in [0.3, 0.4) is 0 Å². The molecule has 2 atom stereocenters. The monoisotopic (exact) mass is 297 g/mol. The molecular weight excluding hydrogens is 274 g/mol. The van der Waals surface area contributed by atoms with E-state index in [0.29, 0.717) is 17.9 Å². The van der Waals surface area contributed by atoms with Gasteiger partial charge in [-0.25, -0.2) is 0 Å². The van der Waals surface area contributed by atoms with E-state index in [0.717, 1.165) is 13.0 Å². The summed E-state index contributed by atoms with van der Waals surface area (Å²) in [4.78, 5) is 0. The molecule has 1 nitrogen and oxygen atoms in total. The topological polar surface area (TPSA) is 12.0 Å². The molecular formula is C15H24BrN. The summed E-state index contributed by atoms with van der Waals surface area (Å²) in [6, 6.07) is 9.11. The van der Waals surface area contributed by atoms with Crippen molar-refractivity contribution in [2.45, 2.75) is 40.2 Å². The maximum Gasteiger partial charge on any atom is 0.0207 e. The summed E-state index contributed by atoms with van der Waals surface area (Å²) in [5.41, 5.74) is 1.41. The summed E-state index contributed by atoms with van der Waals surface area (Å²) in [5, 5.41) is 3.55. The second-order valence-electron chi connectivity index (χ2n) is 5.05. The standard InChI is InChI=1S/C15H24BrN/c1-5-17-12(4)14(11(2)3)10-13-8-6-7-9-15(13)16/h6-9,11-12,14,17H,5,10H2,1-4H3. The lowest BCUT2D eigenvalue weighted by atomic mass is 9.84. The van der Waals surface area contributed by atoms with Crippen molar-refractivity contribution in [1.82, 2.24) is 5.32 Å². The van der Waals surface area contributed by atoms with Crippen molar-refractivity contribution in [3.63, 3.8) is 0 Å². The molecule has 1 aromatic rings. The average molecular weight is 298 g/mol. The van der Waals surface area contributed by atoms with Gasteiger partial charge in [-0.15, -0.1) is 0 Å². The Kier molecular flexibility index (Phi) is 6.21. The van der Waals surface area contributed by atoms with Crippen molar-refractivity contribution in [1.29, 1.82) is 0 Å². The first-order valence-corrected chi connectivity index (χ1v) is 7.32. The molecule has 1 N–H and O–H groups in total. The van der Waals surface area contributed by atoms with Crippen molar-refractivity contribution in [2.24, 2.45) is 11.8 Å². The normalized spacial score (nSPS) is 14.9. The Morgan fingerprint density at radius 2 is 1.82 bits per heavy atom. The first-order chi connectivity index (χ1) is 8.06. The van der Waals surface area contributed by atoms with Gasteiger partial charge in [-0.1, -0.05) is 54.9 Å². The fourth-order valence-electron chi connectivity index (χ4n) is 2.38. The predicted molar refractivity (Wildman–Crippen MR) is 79.3 cm³/mol. The number of nitrogens with one attached hydrogen (secondary N) is 1. The van der Waals surface area contributed by atoms with E-state index in [1.807, 2.05) is 0 Å². The van der Waals surface area contributed by atoms with Gasteiger partial charge in [0.15, 0.2) is 0 Å². The van der Waals surface area contributed by atoms with Gasteiger partial charge in [-0.3, -0.25) is 0 Å². The summed E-state index contributed by atoms with van der Waals surface area (Å²) in [5.74, 6) is 1.37. The van der Waals surface area contributed by atoms with E-state index >= 15 is 0 Å². The van der Waals surface area contributed by atoms with Crippen molar-refractivity contribution in [3.05, 3.63) is 34.3 Å². The maximum atomic E-state index is 3.64. The summed E-state index contributed by atoms with van der Waals surface area (Å²) in [6.07, 6.45) is 1.13. The molecule has 96 valence electrons. The fourth-order valence-corrected chi connectivity index (χ4v) is 2.83. The second kappa shape index (κ2) is 7.17. The highest BCUT2D eigenvalue weighted by Crippen LogP contribution is 2.25. The van der Waals surface area contributed by atoms with Gasteiger partial charge in [-0.2, -0.15) is 0 Å². The van der Waals surface area contributed by atoms with E-state index in [-0.39, 0.29) is 0 Å². The van der Waals surface area contributed by atoms with Gasteiger partial charge in [0.25, 0.3) is 0 Å². The van der Waals surface area contributed by atoms with Crippen LogP contribution in [0.1, 0.15) is 33.3 Å². The number of halogens is 1. The summed E-state index contributed by atoms with van der Waals surface area (Å²) < 4.78 is 1.23. The fraction of sp³-hybridized carbons (Fsp3) is 0.600. The van der Waals surface area contributed by atoms with Crippen LogP contribution >= 0.6 is 15.9 Å². The highest BCUT2D eigenvalue weighted by molar-refractivity contribution is 9.10. The van der Waals surface area contributed by atoms with Crippen LogP contribution < -0.4 is 5.32 Å². The lowest BCUT2D eigenvalue weighted by molar-refractivity contribution is 0.291. The molecule has 0 heterocycles. The zero-order chi connectivity index (χ0) is 12.8. The molecule has 1 aromatic carbocycles. The summed E-state index contributed by atoms with van der Waals surface area (Å²) in [6.45, 7) is 10.1. The first kappa shape index (κ1) is 14.7. The zero-order valence-electron chi connectivity index (χ0n) is 11.3. The Hall–Kier alpha value is -0.340. The van der Waals surface area contributed by atoms with E-state index in [4.69, 9.17) is 0 Å². The molecule has 2 heteroatoms. The molecule has 0 aliphatic rings. The minimum Gasteiger partial charge on any atom is -0.314 e. The van der Waals surface area contributed by atoms with Gasteiger partial charge in [-0.05, 0) is 43.4 Å². The molecule has 0 saturated heterocycles. The van der Waals surface area contributed by atoms with Crippen LogP contribution in [-0.2, 0) is 6.42 Å². The Labute approximate surface area is 114 Å². The molecule has 0 aliphatic carbocycles. The number of hydrogen-bond donors (Lipinski definition) is 1. The third-order valence-electron chi connectivity index (χ3n) is 3.44. The molecule has 0 aliphatic heterocycles. The van der Waals surface area contributed by atoms with E-state index < -0.39 is 0 Å². The third-order valence-corrected chi connectivity index (χ3v) is 4.21. The lowest BCUT2D eigenvalue weighted by Crippen LogP contribution is -2.37. The van der Waals surface area contributed by atoms with Gasteiger partial charge in [0.2, 0.25) is 0 Å². The average Bonchev–Trinajstić information content (AvgIpc) is 2.27. The molecule has 0 fully saturated rings. The molecule has 0 amide bonds. The molecule has 1 rings (SSSR count). The minimum atomic E-state index is 0.562. The van der Waals surface area contributed by atoms with E-state index in [9.17, 15) is 0 Å². The summed E-state index contributed by atoms with van der Waals surface area (Å²) >= 11 is 3.64. The van der Waals surface area contributed by atoms with Gasteiger partial charge >= 0.3 is 0 Å². The molecule has 0 bridgehead atoms. The van der Waals surface area contributed by atoms with Crippen LogP contribution in [0, 0.1) is 11.8 Å². The molecule has 2 unspecified atom stereocenters. The summed E-state index contributed by atoms with van der Waals surface area (Å²) in [7, 11) is 0. The minimum absolute atomic E-state index is 0.562. The van der Waals surface area contributed by atoms with Crippen molar-refractivity contribution in [2.75, 3.05) is 6.54 Å². The molecule has 0 spiro atoms. The zero-order valence-corrected chi connectivity index (χ0v) is 12.9. The van der Waals surface area contributed by atoms with Gasteiger partial charge in [0, 0.05) is 10.5 Å².